The lowest BCUT2D eigenvalue weighted by Gasteiger charge is -2.30. The van der Waals surface area contributed by atoms with Crippen molar-refractivity contribution in [1.82, 2.24) is 25.0 Å². The maximum absolute atomic E-state index is 13.2. The van der Waals surface area contributed by atoms with Crippen molar-refractivity contribution in [3.05, 3.63) is 77.4 Å². The van der Waals surface area contributed by atoms with E-state index in [1.807, 2.05) is 47.1 Å². The number of rotatable bonds is 8. The van der Waals surface area contributed by atoms with Crippen molar-refractivity contribution in [2.75, 3.05) is 6.54 Å². The van der Waals surface area contributed by atoms with Crippen molar-refractivity contribution in [1.29, 1.82) is 0 Å². The molecule has 3 heterocycles. The van der Waals surface area contributed by atoms with Gasteiger partial charge in [0.15, 0.2) is 11.8 Å². The number of para-hydroxylation sites is 1. The molecule has 8 heteroatoms. The maximum Gasteiger partial charge on any atom is 0.272 e. The fraction of sp³-hybridized carbons (Fsp3) is 0.385. The summed E-state index contributed by atoms with van der Waals surface area (Å²) < 4.78 is 7.78. The smallest absolute Gasteiger partial charge is 0.272 e. The third-order valence-corrected chi connectivity index (χ3v) is 5.78. The molecule has 3 aromatic rings. The molecule has 1 unspecified atom stereocenters. The molecule has 178 valence electrons. The first kappa shape index (κ1) is 23.5. The van der Waals surface area contributed by atoms with Crippen LogP contribution in [0.15, 0.2) is 54.9 Å². The van der Waals surface area contributed by atoms with Crippen LogP contribution in [-0.2, 0) is 30.8 Å². The Bertz CT molecular complexity index is 1130. The van der Waals surface area contributed by atoms with Gasteiger partial charge in [0.1, 0.15) is 5.75 Å². The minimum absolute atomic E-state index is 0.104. The van der Waals surface area contributed by atoms with E-state index < -0.39 is 6.10 Å². The molecule has 1 aliphatic heterocycles. The average Bonchev–Trinajstić information content (AvgIpc) is 3.20. The predicted molar refractivity (Wildman–Crippen MR) is 128 cm³/mol. The van der Waals surface area contributed by atoms with Crippen LogP contribution in [0.1, 0.15) is 48.1 Å². The minimum atomic E-state index is -0.627. The Kier molecular flexibility index (Phi) is 7.25. The van der Waals surface area contributed by atoms with E-state index in [-0.39, 0.29) is 11.8 Å². The molecular weight excluding hydrogens is 430 g/mol. The number of nitrogens with one attached hydrogen (secondary N) is 1. The van der Waals surface area contributed by atoms with Gasteiger partial charge in [-0.15, -0.1) is 0 Å². The number of pyridine rings is 1. The van der Waals surface area contributed by atoms with Crippen LogP contribution in [0, 0.1) is 5.92 Å². The molecule has 0 saturated heterocycles. The van der Waals surface area contributed by atoms with Crippen LogP contribution in [0.5, 0.6) is 5.75 Å². The number of nitrogens with zero attached hydrogens (tertiary/aromatic N) is 4. The van der Waals surface area contributed by atoms with Crippen LogP contribution in [-0.4, -0.2) is 44.1 Å². The molecule has 1 N–H and O–H groups in total. The Labute approximate surface area is 199 Å². The largest absolute Gasteiger partial charge is 0.481 e. The van der Waals surface area contributed by atoms with Crippen LogP contribution in [0.2, 0.25) is 0 Å². The summed E-state index contributed by atoms with van der Waals surface area (Å²) in [5.74, 6) is 0.689. The van der Waals surface area contributed by atoms with Crippen molar-refractivity contribution in [2.24, 2.45) is 5.92 Å². The third-order valence-electron chi connectivity index (χ3n) is 5.78. The number of benzene rings is 1. The summed E-state index contributed by atoms with van der Waals surface area (Å²) in [4.78, 5) is 32.1. The molecule has 0 fully saturated rings. The highest BCUT2D eigenvalue weighted by Gasteiger charge is 2.32. The fourth-order valence-corrected chi connectivity index (χ4v) is 4.14. The molecule has 0 radical (unpaired) electrons. The highest BCUT2D eigenvalue weighted by Crippen LogP contribution is 2.25. The Morgan fingerprint density at radius 2 is 1.91 bits per heavy atom. The van der Waals surface area contributed by atoms with Gasteiger partial charge in [-0.1, -0.05) is 38.1 Å². The van der Waals surface area contributed by atoms with Gasteiger partial charge in [-0.05, 0) is 36.6 Å². The molecule has 2 aromatic heterocycles. The molecule has 0 spiro atoms. The summed E-state index contributed by atoms with van der Waals surface area (Å²) in [7, 11) is 0. The van der Waals surface area contributed by atoms with Crippen molar-refractivity contribution in [3.8, 4) is 5.75 Å². The van der Waals surface area contributed by atoms with Crippen LogP contribution >= 0.6 is 0 Å². The first-order valence-corrected chi connectivity index (χ1v) is 11.7. The number of carbonyl (C=O) groups excluding carboxylic acids is 2. The molecule has 1 aliphatic rings. The number of ether oxygens (including phenoxy) is 1. The summed E-state index contributed by atoms with van der Waals surface area (Å²) in [6.45, 7) is 7.99. The van der Waals surface area contributed by atoms with Gasteiger partial charge in [-0.2, -0.15) is 5.10 Å². The van der Waals surface area contributed by atoms with Gasteiger partial charge in [-0.25, -0.2) is 0 Å². The predicted octanol–water partition coefficient (Wildman–Crippen LogP) is 3.22. The van der Waals surface area contributed by atoms with E-state index in [4.69, 9.17) is 4.74 Å². The van der Waals surface area contributed by atoms with Crippen molar-refractivity contribution >= 4 is 11.8 Å². The summed E-state index contributed by atoms with van der Waals surface area (Å²) in [5.41, 5.74) is 3.14. The van der Waals surface area contributed by atoms with Crippen LogP contribution < -0.4 is 10.1 Å². The second kappa shape index (κ2) is 10.5. The number of carbonyl (C=O) groups is 2. The lowest BCUT2D eigenvalue weighted by Crippen LogP contribution is -2.43. The van der Waals surface area contributed by atoms with Gasteiger partial charge in [0.05, 0.1) is 0 Å². The van der Waals surface area contributed by atoms with E-state index in [1.54, 1.807) is 24.2 Å². The summed E-state index contributed by atoms with van der Waals surface area (Å²) in [5, 5.41) is 7.62. The molecule has 8 nitrogen and oxygen atoms in total. The van der Waals surface area contributed by atoms with Crippen LogP contribution in [0.25, 0.3) is 0 Å². The maximum atomic E-state index is 13.2. The minimum Gasteiger partial charge on any atom is -0.481 e. The van der Waals surface area contributed by atoms with Gasteiger partial charge in [-0.3, -0.25) is 19.3 Å². The summed E-state index contributed by atoms with van der Waals surface area (Å²) in [6.07, 6.45) is 3.44. The second-order valence-corrected chi connectivity index (χ2v) is 8.98. The standard InChI is InChI=1S/C26H31N5O3/c1-18(2)16-31-23-11-13-30(26(33)19(3)34-21-9-5-4-6-10-21)17-22(23)24(29-31)25(32)28-15-20-8-7-12-27-14-20/h4-10,12,14,18-19H,11,13,15-17H2,1-3H3,(H,28,32). The molecule has 1 atom stereocenters. The van der Waals surface area contributed by atoms with E-state index in [0.717, 1.165) is 23.4 Å². The lowest BCUT2D eigenvalue weighted by atomic mass is 10.0. The van der Waals surface area contributed by atoms with E-state index in [0.29, 0.717) is 43.4 Å². The monoisotopic (exact) mass is 461 g/mol. The number of amides is 2. The normalized spacial score (nSPS) is 13.9. The van der Waals surface area contributed by atoms with E-state index >= 15 is 0 Å². The van der Waals surface area contributed by atoms with E-state index in [1.165, 1.54) is 0 Å². The summed E-state index contributed by atoms with van der Waals surface area (Å²) >= 11 is 0. The van der Waals surface area contributed by atoms with Crippen LogP contribution in [0.3, 0.4) is 0 Å². The highest BCUT2D eigenvalue weighted by molar-refractivity contribution is 5.94. The quantitative estimate of drug-likeness (QED) is 0.556. The molecule has 34 heavy (non-hydrogen) atoms. The lowest BCUT2D eigenvalue weighted by molar-refractivity contribution is -0.138. The third kappa shape index (κ3) is 5.44. The second-order valence-electron chi connectivity index (χ2n) is 8.98. The van der Waals surface area contributed by atoms with Gasteiger partial charge in [0, 0.05) is 56.3 Å². The molecule has 4 rings (SSSR count). The van der Waals surface area contributed by atoms with Gasteiger partial charge in [0.25, 0.3) is 11.8 Å². The van der Waals surface area contributed by atoms with E-state index in [2.05, 4.69) is 29.2 Å². The molecule has 0 bridgehead atoms. The zero-order valence-corrected chi connectivity index (χ0v) is 19.9. The Balaban J connectivity index is 1.52. The first-order valence-electron chi connectivity index (χ1n) is 11.7. The Hall–Kier alpha value is -3.68. The molecule has 0 aliphatic carbocycles. The SMILES string of the molecule is CC(C)Cn1nc(C(=O)NCc2cccnc2)c2c1CCN(C(=O)C(C)Oc1ccccc1)C2. The summed E-state index contributed by atoms with van der Waals surface area (Å²) in [6, 6.07) is 13.1. The van der Waals surface area contributed by atoms with Crippen molar-refractivity contribution < 1.29 is 14.3 Å². The molecule has 1 aromatic carbocycles. The topological polar surface area (TPSA) is 89.4 Å². The van der Waals surface area contributed by atoms with Gasteiger partial charge >= 0.3 is 0 Å². The Morgan fingerprint density at radius 1 is 1.12 bits per heavy atom. The van der Waals surface area contributed by atoms with Crippen LogP contribution in [0.4, 0.5) is 0 Å². The van der Waals surface area contributed by atoms with Gasteiger partial charge in [0.2, 0.25) is 0 Å². The fourth-order valence-electron chi connectivity index (χ4n) is 4.14. The van der Waals surface area contributed by atoms with Crippen molar-refractivity contribution in [3.63, 3.8) is 0 Å². The molecular formula is C26H31N5O3. The zero-order valence-electron chi connectivity index (χ0n) is 19.9. The number of fused-ring (bicyclic) bond motifs is 1. The Morgan fingerprint density at radius 3 is 2.62 bits per heavy atom. The van der Waals surface area contributed by atoms with Crippen molar-refractivity contribution in [2.45, 2.75) is 52.9 Å². The number of hydrogen-bond donors (Lipinski definition) is 1. The number of aromatic nitrogens is 3. The zero-order chi connectivity index (χ0) is 24.1. The highest BCUT2D eigenvalue weighted by atomic mass is 16.5. The molecule has 0 saturated carbocycles. The van der Waals surface area contributed by atoms with E-state index in [9.17, 15) is 9.59 Å². The molecule has 2 amide bonds. The first-order chi connectivity index (χ1) is 16.4. The van der Waals surface area contributed by atoms with Gasteiger partial charge < -0.3 is 15.0 Å². The number of hydrogen-bond acceptors (Lipinski definition) is 5. The average molecular weight is 462 g/mol.